The Balaban J connectivity index is 2.10. The number of nitrogens with two attached hydrogens (primary N) is 1. The van der Waals surface area contributed by atoms with Crippen LogP contribution < -0.4 is 16.0 Å². The number of hydrogen-bond donors (Lipinski definition) is 2. The fraction of sp³-hybridized carbons (Fsp3) is 0.647. The van der Waals surface area contributed by atoms with Gasteiger partial charge in [0.15, 0.2) is 0 Å². The standard InChI is InChI=1S/C17H28N2O/c1-4-20-16-7-5-14(6-8-16)17(19-18)15-10-12(2)9-13(3)11-15/h5-8,12-13,15,17,19H,4,9-11,18H2,1-3H3. The Morgan fingerprint density at radius 1 is 1.15 bits per heavy atom. The van der Waals surface area contributed by atoms with E-state index in [1.165, 1.54) is 24.8 Å². The van der Waals surface area contributed by atoms with Crippen LogP contribution in [0.4, 0.5) is 0 Å². The van der Waals surface area contributed by atoms with Gasteiger partial charge in [0.1, 0.15) is 5.75 Å². The highest BCUT2D eigenvalue weighted by molar-refractivity contribution is 5.29. The van der Waals surface area contributed by atoms with E-state index in [9.17, 15) is 0 Å². The van der Waals surface area contributed by atoms with Crippen molar-refractivity contribution in [1.82, 2.24) is 5.43 Å². The highest BCUT2D eigenvalue weighted by Crippen LogP contribution is 2.39. The molecule has 0 saturated heterocycles. The Hall–Kier alpha value is -1.06. The zero-order chi connectivity index (χ0) is 14.5. The second-order valence-electron chi connectivity index (χ2n) is 6.32. The van der Waals surface area contributed by atoms with Crippen molar-refractivity contribution in [3.63, 3.8) is 0 Å². The van der Waals surface area contributed by atoms with E-state index in [2.05, 4.69) is 31.4 Å². The molecular weight excluding hydrogens is 248 g/mol. The number of ether oxygens (including phenoxy) is 1. The molecule has 3 atom stereocenters. The summed E-state index contributed by atoms with van der Waals surface area (Å²) in [7, 11) is 0. The van der Waals surface area contributed by atoms with Crippen molar-refractivity contribution in [2.75, 3.05) is 6.61 Å². The second-order valence-corrected chi connectivity index (χ2v) is 6.32. The molecule has 3 unspecified atom stereocenters. The lowest BCUT2D eigenvalue weighted by Crippen LogP contribution is -2.37. The lowest BCUT2D eigenvalue weighted by Gasteiger charge is -2.36. The maximum Gasteiger partial charge on any atom is 0.119 e. The number of benzene rings is 1. The van der Waals surface area contributed by atoms with E-state index in [1.54, 1.807) is 0 Å². The van der Waals surface area contributed by atoms with Crippen molar-refractivity contribution < 1.29 is 4.74 Å². The predicted molar refractivity (Wildman–Crippen MR) is 83.3 cm³/mol. The molecule has 3 nitrogen and oxygen atoms in total. The molecule has 2 rings (SSSR count). The predicted octanol–water partition coefficient (Wildman–Crippen LogP) is 3.66. The quantitative estimate of drug-likeness (QED) is 0.637. The van der Waals surface area contributed by atoms with Gasteiger partial charge < -0.3 is 4.74 Å². The highest BCUT2D eigenvalue weighted by Gasteiger charge is 2.30. The Kier molecular flexibility index (Phi) is 5.44. The summed E-state index contributed by atoms with van der Waals surface area (Å²) in [5, 5.41) is 0. The zero-order valence-electron chi connectivity index (χ0n) is 12.9. The van der Waals surface area contributed by atoms with Gasteiger partial charge in [0.2, 0.25) is 0 Å². The van der Waals surface area contributed by atoms with Crippen LogP contribution in [0.15, 0.2) is 24.3 Å². The summed E-state index contributed by atoms with van der Waals surface area (Å²) >= 11 is 0. The summed E-state index contributed by atoms with van der Waals surface area (Å²) in [5.74, 6) is 8.98. The largest absolute Gasteiger partial charge is 0.494 e. The first kappa shape index (κ1) is 15.3. The molecular formula is C17H28N2O. The maximum absolute atomic E-state index is 5.84. The van der Waals surface area contributed by atoms with E-state index in [0.717, 1.165) is 17.6 Å². The molecule has 20 heavy (non-hydrogen) atoms. The molecule has 3 N–H and O–H groups in total. The van der Waals surface area contributed by atoms with E-state index in [1.807, 2.05) is 19.1 Å². The van der Waals surface area contributed by atoms with Gasteiger partial charge in [0.25, 0.3) is 0 Å². The molecule has 0 spiro atoms. The fourth-order valence-electron chi connectivity index (χ4n) is 3.72. The Morgan fingerprint density at radius 2 is 1.75 bits per heavy atom. The summed E-state index contributed by atoms with van der Waals surface area (Å²) in [4.78, 5) is 0. The fourth-order valence-corrected chi connectivity index (χ4v) is 3.72. The molecule has 1 saturated carbocycles. The minimum Gasteiger partial charge on any atom is -0.494 e. The monoisotopic (exact) mass is 276 g/mol. The first-order valence-corrected chi connectivity index (χ1v) is 7.82. The average molecular weight is 276 g/mol. The molecule has 0 amide bonds. The van der Waals surface area contributed by atoms with E-state index >= 15 is 0 Å². The first-order chi connectivity index (χ1) is 9.63. The normalized spacial score (nSPS) is 28.1. The van der Waals surface area contributed by atoms with Crippen LogP contribution in [-0.4, -0.2) is 6.61 Å². The summed E-state index contributed by atoms with van der Waals surface area (Å²) < 4.78 is 5.50. The summed E-state index contributed by atoms with van der Waals surface area (Å²) in [6.45, 7) is 7.42. The molecule has 0 heterocycles. The SMILES string of the molecule is CCOc1ccc(C(NN)C2CC(C)CC(C)C2)cc1. The smallest absolute Gasteiger partial charge is 0.119 e. The first-order valence-electron chi connectivity index (χ1n) is 7.82. The van der Waals surface area contributed by atoms with Crippen LogP contribution >= 0.6 is 0 Å². The second kappa shape index (κ2) is 7.09. The van der Waals surface area contributed by atoms with Gasteiger partial charge in [-0.05, 0) is 61.6 Å². The van der Waals surface area contributed by atoms with Crippen LogP contribution in [0.25, 0.3) is 0 Å². The summed E-state index contributed by atoms with van der Waals surface area (Å²) in [6, 6.07) is 8.60. The molecule has 0 aromatic heterocycles. The number of nitrogens with one attached hydrogen (secondary N) is 1. The van der Waals surface area contributed by atoms with Crippen LogP contribution in [0.3, 0.4) is 0 Å². The molecule has 3 heteroatoms. The van der Waals surface area contributed by atoms with Crippen molar-refractivity contribution in [2.45, 2.75) is 46.1 Å². The third kappa shape index (κ3) is 3.74. The molecule has 0 aliphatic heterocycles. The molecule has 1 aliphatic carbocycles. The third-order valence-corrected chi connectivity index (χ3v) is 4.42. The Labute approximate surface area is 122 Å². The average Bonchev–Trinajstić information content (AvgIpc) is 2.41. The van der Waals surface area contributed by atoms with Gasteiger partial charge in [-0.2, -0.15) is 0 Å². The molecule has 112 valence electrons. The van der Waals surface area contributed by atoms with Crippen LogP contribution in [0.2, 0.25) is 0 Å². The molecule has 0 radical (unpaired) electrons. The van der Waals surface area contributed by atoms with Crippen LogP contribution in [-0.2, 0) is 0 Å². The van der Waals surface area contributed by atoms with Crippen LogP contribution in [0.1, 0.15) is 51.6 Å². The minimum absolute atomic E-state index is 0.246. The molecule has 1 aliphatic rings. The summed E-state index contributed by atoms with van der Waals surface area (Å²) in [6.07, 6.45) is 3.86. The van der Waals surface area contributed by atoms with Crippen molar-refractivity contribution in [3.8, 4) is 5.75 Å². The van der Waals surface area contributed by atoms with Gasteiger partial charge >= 0.3 is 0 Å². The van der Waals surface area contributed by atoms with Crippen molar-refractivity contribution in [3.05, 3.63) is 29.8 Å². The van der Waals surface area contributed by atoms with E-state index < -0.39 is 0 Å². The van der Waals surface area contributed by atoms with E-state index in [0.29, 0.717) is 12.5 Å². The number of hydrazine groups is 1. The van der Waals surface area contributed by atoms with E-state index in [-0.39, 0.29) is 6.04 Å². The minimum atomic E-state index is 0.246. The molecule has 1 aromatic carbocycles. The molecule has 1 fully saturated rings. The van der Waals surface area contributed by atoms with Gasteiger partial charge in [-0.1, -0.05) is 26.0 Å². The molecule has 1 aromatic rings. The van der Waals surface area contributed by atoms with Crippen molar-refractivity contribution >= 4 is 0 Å². The van der Waals surface area contributed by atoms with Gasteiger partial charge in [-0.25, -0.2) is 0 Å². The van der Waals surface area contributed by atoms with Gasteiger partial charge in [-0.3, -0.25) is 11.3 Å². The van der Waals surface area contributed by atoms with E-state index in [4.69, 9.17) is 10.6 Å². The van der Waals surface area contributed by atoms with Gasteiger partial charge in [-0.15, -0.1) is 0 Å². The topological polar surface area (TPSA) is 47.3 Å². The maximum atomic E-state index is 5.84. The van der Waals surface area contributed by atoms with Crippen LogP contribution in [0, 0.1) is 17.8 Å². The van der Waals surface area contributed by atoms with Gasteiger partial charge in [0.05, 0.1) is 6.61 Å². The molecule has 0 bridgehead atoms. The lowest BCUT2D eigenvalue weighted by molar-refractivity contribution is 0.177. The summed E-state index contributed by atoms with van der Waals surface area (Å²) in [5.41, 5.74) is 4.31. The van der Waals surface area contributed by atoms with Crippen molar-refractivity contribution in [2.24, 2.45) is 23.6 Å². The zero-order valence-corrected chi connectivity index (χ0v) is 12.9. The number of hydrogen-bond acceptors (Lipinski definition) is 3. The van der Waals surface area contributed by atoms with Crippen LogP contribution in [0.5, 0.6) is 5.75 Å². The Morgan fingerprint density at radius 3 is 2.25 bits per heavy atom. The lowest BCUT2D eigenvalue weighted by atomic mass is 9.72. The van der Waals surface area contributed by atoms with Crippen molar-refractivity contribution in [1.29, 1.82) is 0 Å². The highest BCUT2D eigenvalue weighted by atomic mass is 16.5. The number of rotatable bonds is 5. The Bertz CT molecular complexity index is 394. The third-order valence-electron chi connectivity index (χ3n) is 4.42. The van der Waals surface area contributed by atoms with Gasteiger partial charge in [0, 0.05) is 6.04 Å².